The van der Waals surface area contributed by atoms with Gasteiger partial charge < -0.3 is 14.3 Å². The van der Waals surface area contributed by atoms with E-state index in [0.717, 1.165) is 17.8 Å². The highest BCUT2D eigenvalue weighted by atomic mass is 16.4. The fraction of sp³-hybridized carbons (Fsp3) is 0.143. The predicted molar refractivity (Wildman–Crippen MR) is 72.5 cm³/mol. The van der Waals surface area contributed by atoms with Crippen molar-refractivity contribution < 1.29 is 4.42 Å². The van der Waals surface area contributed by atoms with Gasteiger partial charge in [-0.2, -0.15) is 0 Å². The first-order valence-electron chi connectivity index (χ1n) is 6.02. The molecule has 0 fully saturated rings. The van der Waals surface area contributed by atoms with E-state index >= 15 is 0 Å². The number of anilines is 1. The molecule has 1 aromatic carbocycles. The van der Waals surface area contributed by atoms with Crippen molar-refractivity contribution in [2.24, 2.45) is 7.05 Å². The number of hydrogen-bond donors (Lipinski definition) is 1. The Hall–Kier alpha value is -2.56. The molecule has 0 spiro atoms. The molecule has 0 atom stereocenters. The lowest BCUT2D eigenvalue weighted by Gasteiger charge is -2.05. The van der Waals surface area contributed by atoms with Crippen LogP contribution in [0.1, 0.15) is 5.56 Å². The van der Waals surface area contributed by atoms with E-state index in [0.29, 0.717) is 5.89 Å². The third-order valence-electron chi connectivity index (χ3n) is 2.88. The molecule has 0 amide bonds. The summed E-state index contributed by atoms with van der Waals surface area (Å²) in [4.78, 5) is 0. The lowest BCUT2D eigenvalue weighted by Crippen LogP contribution is -1.98. The summed E-state index contributed by atoms with van der Waals surface area (Å²) in [5, 5.41) is 10.9. The molecule has 0 aliphatic rings. The first-order chi connectivity index (χ1) is 9.31. The van der Waals surface area contributed by atoms with Crippen molar-refractivity contribution in [3.8, 4) is 11.5 Å². The Kier molecular flexibility index (Phi) is 3.02. The zero-order chi connectivity index (χ0) is 13.1. The van der Waals surface area contributed by atoms with Crippen molar-refractivity contribution >= 4 is 5.69 Å². The van der Waals surface area contributed by atoms with Crippen molar-refractivity contribution in [3.63, 3.8) is 0 Å². The Balaban J connectivity index is 1.66. The van der Waals surface area contributed by atoms with Gasteiger partial charge in [0.1, 0.15) is 0 Å². The van der Waals surface area contributed by atoms with E-state index in [4.69, 9.17) is 4.42 Å². The van der Waals surface area contributed by atoms with E-state index in [1.165, 1.54) is 12.0 Å². The Labute approximate surface area is 110 Å². The highest BCUT2D eigenvalue weighted by Gasteiger charge is 2.02. The maximum absolute atomic E-state index is 5.15. The third kappa shape index (κ3) is 2.65. The highest BCUT2D eigenvalue weighted by Crippen LogP contribution is 2.19. The Morgan fingerprint density at radius 1 is 1.21 bits per heavy atom. The van der Waals surface area contributed by atoms with Gasteiger partial charge in [-0.05, 0) is 35.9 Å². The van der Waals surface area contributed by atoms with E-state index in [9.17, 15) is 0 Å². The van der Waals surface area contributed by atoms with Crippen LogP contribution in [-0.4, -0.2) is 14.8 Å². The summed E-state index contributed by atoms with van der Waals surface area (Å²) in [5.74, 6) is 0.537. The van der Waals surface area contributed by atoms with Gasteiger partial charge in [0.15, 0.2) is 0 Å². The molecule has 0 aliphatic heterocycles. The summed E-state index contributed by atoms with van der Waals surface area (Å²) < 4.78 is 7.18. The maximum Gasteiger partial charge on any atom is 0.247 e. The van der Waals surface area contributed by atoms with E-state index in [2.05, 4.69) is 27.8 Å². The number of nitrogens with zero attached hydrogens (tertiary/aromatic N) is 3. The molecule has 0 aliphatic carbocycles. The van der Waals surface area contributed by atoms with Gasteiger partial charge in [-0.1, -0.05) is 0 Å². The quantitative estimate of drug-likeness (QED) is 0.777. The molecule has 3 aromatic rings. The molecular weight excluding hydrogens is 240 g/mol. The SMILES string of the molecule is Cn1ccc(CNc2ccc(-c3nnco3)cc2)c1. The second kappa shape index (κ2) is 4.97. The molecule has 3 rings (SSSR count). The zero-order valence-electron chi connectivity index (χ0n) is 10.6. The molecule has 96 valence electrons. The first kappa shape index (κ1) is 11.5. The maximum atomic E-state index is 5.15. The summed E-state index contributed by atoms with van der Waals surface area (Å²) in [6.07, 6.45) is 5.46. The van der Waals surface area contributed by atoms with Crippen LogP contribution in [0.2, 0.25) is 0 Å². The number of benzene rings is 1. The van der Waals surface area contributed by atoms with Crippen molar-refractivity contribution in [1.82, 2.24) is 14.8 Å². The second-order valence-corrected chi connectivity index (χ2v) is 4.36. The Morgan fingerprint density at radius 3 is 2.68 bits per heavy atom. The van der Waals surface area contributed by atoms with Crippen LogP contribution in [0, 0.1) is 0 Å². The van der Waals surface area contributed by atoms with E-state index < -0.39 is 0 Å². The molecule has 19 heavy (non-hydrogen) atoms. The molecule has 2 heterocycles. The summed E-state index contributed by atoms with van der Waals surface area (Å²) >= 11 is 0. The van der Waals surface area contributed by atoms with Crippen molar-refractivity contribution in [2.45, 2.75) is 6.54 Å². The molecule has 5 heteroatoms. The molecule has 5 nitrogen and oxygen atoms in total. The topological polar surface area (TPSA) is 55.9 Å². The predicted octanol–water partition coefficient (Wildman–Crippen LogP) is 2.69. The van der Waals surface area contributed by atoms with Crippen molar-refractivity contribution in [2.75, 3.05) is 5.32 Å². The molecule has 1 N–H and O–H groups in total. The normalized spacial score (nSPS) is 10.6. The van der Waals surface area contributed by atoms with Crippen LogP contribution in [-0.2, 0) is 13.6 Å². The average molecular weight is 254 g/mol. The van der Waals surface area contributed by atoms with Gasteiger partial charge in [-0.15, -0.1) is 10.2 Å². The number of nitrogens with one attached hydrogen (secondary N) is 1. The Bertz CT molecular complexity index is 640. The van der Waals surface area contributed by atoms with Gasteiger partial charge in [-0.3, -0.25) is 0 Å². The molecule has 2 aromatic heterocycles. The van der Waals surface area contributed by atoms with E-state index in [-0.39, 0.29) is 0 Å². The van der Waals surface area contributed by atoms with Gasteiger partial charge in [0.2, 0.25) is 12.3 Å². The minimum Gasteiger partial charge on any atom is -0.423 e. The molecule has 0 radical (unpaired) electrons. The van der Waals surface area contributed by atoms with Gasteiger partial charge in [0, 0.05) is 37.2 Å². The smallest absolute Gasteiger partial charge is 0.247 e. The first-order valence-corrected chi connectivity index (χ1v) is 6.02. The Morgan fingerprint density at radius 2 is 2.05 bits per heavy atom. The minimum absolute atomic E-state index is 0.537. The summed E-state index contributed by atoms with van der Waals surface area (Å²) in [5.41, 5.74) is 3.23. The largest absolute Gasteiger partial charge is 0.423 e. The van der Waals surface area contributed by atoms with Crippen LogP contribution >= 0.6 is 0 Å². The monoisotopic (exact) mass is 254 g/mol. The standard InChI is InChI=1S/C14H14N4O/c1-18-7-6-11(9-18)8-15-13-4-2-12(3-5-13)14-17-16-10-19-14/h2-7,9-10,15H,8H2,1H3. The van der Waals surface area contributed by atoms with E-state index in [1.54, 1.807) is 0 Å². The van der Waals surface area contributed by atoms with Gasteiger partial charge in [0.25, 0.3) is 0 Å². The summed E-state index contributed by atoms with van der Waals surface area (Å²) in [6, 6.07) is 10.0. The van der Waals surface area contributed by atoms with Crippen LogP contribution in [0.25, 0.3) is 11.5 Å². The fourth-order valence-corrected chi connectivity index (χ4v) is 1.90. The van der Waals surface area contributed by atoms with Crippen molar-refractivity contribution in [1.29, 1.82) is 0 Å². The molecule has 0 saturated carbocycles. The minimum atomic E-state index is 0.537. The summed E-state index contributed by atoms with van der Waals surface area (Å²) in [6.45, 7) is 0.806. The van der Waals surface area contributed by atoms with Crippen LogP contribution in [0.5, 0.6) is 0 Å². The van der Waals surface area contributed by atoms with Crippen molar-refractivity contribution in [3.05, 3.63) is 54.7 Å². The lowest BCUT2D eigenvalue weighted by molar-refractivity contribution is 0.568. The molecule has 0 saturated heterocycles. The van der Waals surface area contributed by atoms with Crippen LogP contribution in [0.15, 0.2) is 53.5 Å². The van der Waals surface area contributed by atoms with Crippen LogP contribution in [0.4, 0.5) is 5.69 Å². The number of aryl methyl sites for hydroxylation is 1. The van der Waals surface area contributed by atoms with Crippen LogP contribution in [0.3, 0.4) is 0 Å². The lowest BCUT2D eigenvalue weighted by atomic mass is 10.2. The highest BCUT2D eigenvalue weighted by molar-refractivity contribution is 5.58. The fourth-order valence-electron chi connectivity index (χ4n) is 1.90. The average Bonchev–Trinajstić information content (AvgIpc) is 3.08. The van der Waals surface area contributed by atoms with Gasteiger partial charge in [-0.25, -0.2) is 0 Å². The van der Waals surface area contributed by atoms with E-state index in [1.807, 2.05) is 42.1 Å². The van der Waals surface area contributed by atoms with Crippen LogP contribution < -0.4 is 5.32 Å². The summed E-state index contributed by atoms with van der Waals surface area (Å²) in [7, 11) is 2.02. The third-order valence-corrected chi connectivity index (χ3v) is 2.88. The molecule has 0 unspecified atom stereocenters. The number of rotatable bonds is 4. The second-order valence-electron chi connectivity index (χ2n) is 4.36. The molecular formula is C14H14N4O. The number of aromatic nitrogens is 3. The molecule has 0 bridgehead atoms. The van der Waals surface area contributed by atoms with Gasteiger partial charge in [0.05, 0.1) is 0 Å². The zero-order valence-corrected chi connectivity index (χ0v) is 10.6. The van der Waals surface area contributed by atoms with Gasteiger partial charge >= 0.3 is 0 Å². The number of hydrogen-bond acceptors (Lipinski definition) is 4.